The van der Waals surface area contributed by atoms with Gasteiger partial charge in [0.1, 0.15) is 6.07 Å². The van der Waals surface area contributed by atoms with Crippen LogP contribution in [0.2, 0.25) is 0 Å². The lowest BCUT2D eigenvalue weighted by Crippen LogP contribution is -2.30. The molecule has 8 heteroatoms. The minimum absolute atomic E-state index is 0.199. The molecule has 1 unspecified atom stereocenters. The fourth-order valence-electron chi connectivity index (χ4n) is 3.21. The van der Waals surface area contributed by atoms with Gasteiger partial charge in [-0.05, 0) is 32.0 Å². The quantitative estimate of drug-likeness (QED) is 0.474. The topological polar surface area (TPSA) is 118 Å². The Morgan fingerprint density at radius 2 is 1.84 bits per heavy atom. The number of hydrogen-bond acceptors (Lipinski definition) is 7. The fourth-order valence-corrected chi connectivity index (χ4v) is 3.21. The molecule has 0 aliphatic rings. The molecule has 0 aliphatic heterocycles. The summed E-state index contributed by atoms with van der Waals surface area (Å²) in [7, 11) is 0. The summed E-state index contributed by atoms with van der Waals surface area (Å²) in [5.74, 6) is -1.27. The summed E-state index contributed by atoms with van der Waals surface area (Å²) in [4.78, 5) is 30.1. The average Bonchev–Trinajstić information content (AvgIpc) is 3.20. The number of amides is 1. The molecule has 1 amide bonds. The Hall–Kier alpha value is -4.51. The standard InChI is InChI=1S/C24H18N4O4/c1-14-21-18(12-20(27-23(21)32-28-14)16-8-4-3-5-9-16)24(30)31-15(2)22(29)26-19-11-7-6-10-17(19)13-25/h3-12,15H,1-2H3,(H,26,29). The minimum Gasteiger partial charge on any atom is -0.449 e. The number of rotatable bonds is 5. The summed E-state index contributed by atoms with van der Waals surface area (Å²) < 4.78 is 10.7. The number of fused-ring (bicyclic) bond motifs is 1. The Balaban J connectivity index is 1.61. The van der Waals surface area contributed by atoms with Crippen LogP contribution in [0.25, 0.3) is 22.4 Å². The number of aromatic nitrogens is 2. The van der Waals surface area contributed by atoms with Crippen molar-refractivity contribution >= 4 is 28.7 Å². The van der Waals surface area contributed by atoms with Crippen LogP contribution in [-0.4, -0.2) is 28.1 Å². The third-order valence-electron chi connectivity index (χ3n) is 4.86. The molecule has 0 saturated heterocycles. The maximum atomic E-state index is 13.0. The molecule has 0 spiro atoms. The number of anilines is 1. The van der Waals surface area contributed by atoms with Crippen LogP contribution in [-0.2, 0) is 9.53 Å². The molecule has 0 aliphatic carbocycles. The second kappa shape index (κ2) is 8.70. The number of carbonyl (C=O) groups excluding carboxylic acids is 2. The fraction of sp³-hybridized carbons (Fsp3) is 0.125. The van der Waals surface area contributed by atoms with Gasteiger partial charge in [0.05, 0.1) is 33.6 Å². The van der Waals surface area contributed by atoms with E-state index in [2.05, 4.69) is 15.5 Å². The number of carbonyl (C=O) groups is 2. The van der Waals surface area contributed by atoms with Gasteiger partial charge in [0.15, 0.2) is 6.10 Å². The largest absolute Gasteiger partial charge is 0.449 e. The smallest absolute Gasteiger partial charge is 0.339 e. The van der Waals surface area contributed by atoms with Gasteiger partial charge in [-0.1, -0.05) is 47.6 Å². The first-order valence-corrected chi connectivity index (χ1v) is 9.81. The molecule has 1 N–H and O–H groups in total. The molecule has 8 nitrogen and oxygen atoms in total. The number of nitrogens with one attached hydrogen (secondary N) is 1. The zero-order valence-electron chi connectivity index (χ0n) is 17.3. The number of aryl methyl sites for hydroxylation is 1. The van der Waals surface area contributed by atoms with Crippen LogP contribution in [0.1, 0.15) is 28.5 Å². The summed E-state index contributed by atoms with van der Waals surface area (Å²) in [5.41, 5.74) is 2.84. The molecule has 2 aromatic carbocycles. The van der Waals surface area contributed by atoms with E-state index in [1.807, 2.05) is 36.4 Å². The van der Waals surface area contributed by atoms with Crippen molar-refractivity contribution in [2.45, 2.75) is 20.0 Å². The number of esters is 1. The Kier molecular flexibility index (Phi) is 5.64. The van der Waals surface area contributed by atoms with Crippen molar-refractivity contribution in [1.29, 1.82) is 5.26 Å². The number of ether oxygens (including phenoxy) is 1. The maximum absolute atomic E-state index is 13.0. The van der Waals surface area contributed by atoms with Gasteiger partial charge in [0, 0.05) is 5.56 Å². The first kappa shape index (κ1) is 20.8. The lowest BCUT2D eigenvalue weighted by atomic mass is 10.1. The van der Waals surface area contributed by atoms with Crippen LogP contribution in [0.5, 0.6) is 0 Å². The first-order valence-electron chi connectivity index (χ1n) is 9.81. The molecule has 0 saturated carbocycles. The molecule has 2 heterocycles. The number of benzene rings is 2. The predicted molar refractivity (Wildman–Crippen MR) is 117 cm³/mol. The van der Waals surface area contributed by atoms with Gasteiger partial charge < -0.3 is 14.6 Å². The van der Waals surface area contributed by atoms with Crippen molar-refractivity contribution in [3.05, 3.63) is 77.5 Å². The number of hydrogen-bond donors (Lipinski definition) is 1. The van der Waals surface area contributed by atoms with Gasteiger partial charge in [-0.15, -0.1) is 0 Å². The third-order valence-corrected chi connectivity index (χ3v) is 4.86. The molecule has 0 fully saturated rings. The van der Waals surface area contributed by atoms with E-state index in [0.29, 0.717) is 28.0 Å². The number of para-hydroxylation sites is 1. The van der Waals surface area contributed by atoms with Crippen molar-refractivity contribution in [3.63, 3.8) is 0 Å². The van der Waals surface area contributed by atoms with Crippen molar-refractivity contribution in [1.82, 2.24) is 10.1 Å². The van der Waals surface area contributed by atoms with Gasteiger partial charge in [-0.2, -0.15) is 5.26 Å². The maximum Gasteiger partial charge on any atom is 0.339 e. The summed E-state index contributed by atoms with van der Waals surface area (Å²) >= 11 is 0. The number of nitriles is 1. The van der Waals surface area contributed by atoms with Crippen molar-refractivity contribution in [2.24, 2.45) is 0 Å². The van der Waals surface area contributed by atoms with E-state index in [0.717, 1.165) is 5.56 Å². The van der Waals surface area contributed by atoms with Gasteiger partial charge >= 0.3 is 5.97 Å². The van der Waals surface area contributed by atoms with Gasteiger partial charge in [0.25, 0.3) is 11.6 Å². The number of pyridine rings is 1. The van der Waals surface area contributed by atoms with Gasteiger partial charge in [-0.25, -0.2) is 9.78 Å². The summed E-state index contributed by atoms with van der Waals surface area (Å²) in [6.07, 6.45) is -1.11. The Morgan fingerprint density at radius 3 is 2.59 bits per heavy atom. The summed E-state index contributed by atoms with van der Waals surface area (Å²) in [6, 6.07) is 19.5. The Labute approximate surface area is 183 Å². The zero-order chi connectivity index (χ0) is 22.7. The molecular weight excluding hydrogens is 408 g/mol. The third kappa shape index (κ3) is 4.04. The van der Waals surface area contributed by atoms with E-state index >= 15 is 0 Å². The molecule has 4 aromatic rings. The van der Waals surface area contributed by atoms with Gasteiger partial charge in [0.2, 0.25) is 0 Å². The highest BCUT2D eigenvalue weighted by Gasteiger charge is 2.24. The van der Waals surface area contributed by atoms with Crippen LogP contribution >= 0.6 is 0 Å². The second-order valence-electron chi connectivity index (χ2n) is 7.06. The minimum atomic E-state index is -1.11. The molecule has 0 radical (unpaired) electrons. The van der Waals surface area contributed by atoms with Gasteiger partial charge in [-0.3, -0.25) is 4.79 Å². The molecular formula is C24H18N4O4. The first-order chi connectivity index (χ1) is 15.5. The zero-order valence-corrected chi connectivity index (χ0v) is 17.3. The molecule has 4 rings (SSSR count). The van der Waals surface area contributed by atoms with Crippen molar-refractivity contribution in [2.75, 3.05) is 5.32 Å². The molecule has 2 aromatic heterocycles. The molecule has 0 bridgehead atoms. The van der Waals surface area contributed by atoms with E-state index in [1.165, 1.54) is 6.92 Å². The van der Waals surface area contributed by atoms with Crippen LogP contribution in [0.3, 0.4) is 0 Å². The highest BCUT2D eigenvalue weighted by Crippen LogP contribution is 2.28. The highest BCUT2D eigenvalue weighted by molar-refractivity contribution is 6.05. The SMILES string of the molecule is Cc1noc2nc(-c3ccccc3)cc(C(=O)OC(C)C(=O)Nc3ccccc3C#N)c12. The van der Waals surface area contributed by atoms with E-state index < -0.39 is 18.0 Å². The van der Waals surface area contributed by atoms with Crippen LogP contribution in [0.15, 0.2) is 65.2 Å². The predicted octanol–water partition coefficient (Wildman–Crippen LogP) is 4.25. The van der Waals surface area contributed by atoms with E-state index in [-0.39, 0.29) is 11.3 Å². The van der Waals surface area contributed by atoms with Crippen LogP contribution in [0.4, 0.5) is 5.69 Å². The monoisotopic (exact) mass is 426 g/mol. The Morgan fingerprint density at radius 1 is 1.12 bits per heavy atom. The van der Waals surface area contributed by atoms with Crippen molar-refractivity contribution in [3.8, 4) is 17.3 Å². The Bertz CT molecular complexity index is 1360. The summed E-state index contributed by atoms with van der Waals surface area (Å²) in [5, 5.41) is 16.1. The second-order valence-corrected chi connectivity index (χ2v) is 7.06. The molecule has 1 atom stereocenters. The average molecular weight is 426 g/mol. The van der Waals surface area contributed by atoms with E-state index in [9.17, 15) is 14.9 Å². The molecule has 158 valence electrons. The lowest BCUT2D eigenvalue weighted by Gasteiger charge is -2.15. The van der Waals surface area contributed by atoms with E-state index in [1.54, 1.807) is 37.3 Å². The number of nitrogens with zero attached hydrogens (tertiary/aromatic N) is 3. The lowest BCUT2D eigenvalue weighted by molar-refractivity contribution is -0.123. The van der Waals surface area contributed by atoms with Crippen LogP contribution < -0.4 is 5.32 Å². The van der Waals surface area contributed by atoms with E-state index in [4.69, 9.17) is 9.26 Å². The summed E-state index contributed by atoms with van der Waals surface area (Å²) in [6.45, 7) is 3.15. The highest BCUT2D eigenvalue weighted by atomic mass is 16.5. The normalized spacial score (nSPS) is 11.5. The molecule has 32 heavy (non-hydrogen) atoms. The van der Waals surface area contributed by atoms with Crippen LogP contribution in [0, 0.1) is 18.3 Å². The van der Waals surface area contributed by atoms with Crippen molar-refractivity contribution < 1.29 is 18.8 Å².